The lowest BCUT2D eigenvalue weighted by atomic mass is 10.1. The number of carbonyl (C=O) groups is 1. The van der Waals surface area contributed by atoms with Crippen molar-refractivity contribution in [2.24, 2.45) is 0 Å². The molecule has 0 spiro atoms. The largest absolute Gasteiger partial charge is 0.378 e. The standard InChI is InChI=1S/C16H24N4O2.2ClH/c21-16(11-15-13-22-10-5-18-15)20-8-6-19(7-9-20)12-14-3-1-2-4-17-14;;/h1-4,15,18H,5-13H2;2*1H. The second-order valence-electron chi connectivity index (χ2n) is 5.91. The summed E-state index contributed by atoms with van der Waals surface area (Å²) in [5.74, 6) is 0.237. The van der Waals surface area contributed by atoms with Crippen molar-refractivity contribution in [2.45, 2.75) is 19.0 Å². The fourth-order valence-corrected chi connectivity index (χ4v) is 2.97. The Labute approximate surface area is 155 Å². The minimum Gasteiger partial charge on any atom is -0.378 e. The SMILES string of the molecule is Cl.Cl.O=C(CC1COCCN1)N1CCN(Cc2ccccn2)CC1. The Morgan fingerprint density at radius 2 is 2.04 bits per heavy atom. The van der Waals surface area contributed by atoms with Crippen LogP contribution in [0.4, 0.5) is 0 Å². The predicted octanol–water partition coefficient (Wildman–Crippen LogP) is 0.948. The van der Waals surface area contributed by atoms with Crippen LogP contribution >= 0.6 is 24.8 Å². The van der Waals surface area contributed by atoms with E-state index in [1.807, 2.05) is 29.3 Å². The number of hydrogen-bond donors (Lipinski definition) is 1. The zero-order valence-corrected chi connectivity index (χ0v) is 15.4. The van der Waals surface area contributed by atoms with Gasteiger partial charge in [0.05, 0.1) is 18.9 Å². The van der Waals surface area contributed by atoms with Gasteiger partial charge in [0.25, 0.3) is 0 Å². The van der Waals surface area contributed by atoms with Crippen LogP contribution in [-0.4, -0.2) is 72.7 Å². The third-order valence-corrected chi connectivity index (χ3v) is 4.26. The second kappa shape index (κ2) is 10.8. The minimum absolute atomic E-state index is 0. The maximum absolute atomic E-state index is 12.3. The number of carbonyl (C=O) groups excluding carboxylic acids is 1. The lowest BCUT2D eigenvalue weighted by Gasteiger charge is -2.35. The minimum atomic E-state index is 0. The lowest BCUT2D eigenvalue weighted by Crippen LogP contribution is -2.51. The van der Waals surface area contributed by atoms with Crippen LogP contribution in [0.2, 0.25) is 0 Å². The molecule has 3 heterocycles. The molecule has 1 aromatic heterocycles. The van der Waals surface area contributed by atoms with Gasteiger partial charge in [-0.1, -0.05) is 6.07 Å². The highest BCUT2D eigenvalue weighted by Gasteiger charge is 2.24. The summed E-state index contributed by atoms with van der Waals surface area (Å²) >= 11 is 0. The number of nitrogens with zero attached hydrogens (tertiary/aromatic N) is 3. The Morgan fingerprint density at radius 3 is 2.67 bits per heavy atom. The molecule has 2 fully saturated rings. The third-order valence-electron chi connectivity index (χ3n) is 4.26. The molecule has 1 aromatic rings. The Kier molecular flexibility index (Phi) is 9.54. The molecule has 24 heavy (non-hydrogen) atoms. The Balaban J connectivity index is 0.00000144. The first kappa shape index (κ1) is 21.1. The summed E-state index contributed by atoms with van der Waals surface area (Å²) in [6, 6.07) is 6.17. The number of halogens is 2. The number of aromatic nitrogens is 1. The van der Waals surface area contributed by atoms with E-state index in [9.17, 15) is 4.79 Å². The summed E-state index contributed by atoms with van der Waals surface area (Å²) in [5.41, 5.74) is 1.09. The first-order valence-corrected chi connectivity index (χ1v) is 8.02. The van der Waals surface area contributed by atoms with Crippen molar-refractivity contribution < 1.29 is 9.53 Å². The van der Waals surface area contributed by atoms with Gasteiger partial charge in [0, 0.05) is 57.9 Å². The molecule has 2 saturated heterocycles. The van der Waals surface area contributed by atoms with Crippen molar-refractivity contribution in [3.63, 3.8) is 0 Å². The van der Waals surface area contributed by atoms with Crippen molar-refractivity contribution in [1.29, 1.82) is 0 Å². The average Bonchev–Trinajstić information content (AvgIpc) is 2.57. The molecule has 6 nitrogen and oxygen atoms in total. The molecule has 0 bridgehead atoms. The predicted molar refractivity (Wildman–Crippen MR) is 97.8 cm³/mol. The van der Waals surface area contributed by atoms with E-state index in [1.165, 1.54) is 0 Å². The first-order valence-electron chi connectivity index (χ1n) is 8.02. The fourth-order valence-electron chi connectivity index (χ4n) is 2.97. The van der Waals surface area contributed by atoms with Gasteiger partial charge in [-0.25, -0.2) is 0 Å². The highest BCUT2D eigenvalue weighted by Crippen LogP contribution is 2.09. The molecule has 1 amide bonds. The van der Waals surface area contributed by atoms with Gasteiger partial charge in [-0.2, -0.15) is 0 Å². The van der Waals surface area contributed by atoms with Crippen LogP contribution in [0.25, 0.3) is 0 Å². The molecule has 0 aliphatic carbocycles. The molecule has 1 atom stereocenters. The van der Waals surface area contributed by atoms with E-state index in [0.29, 0.717) is 13.0 Å². The maximum Gasteiger partial charge on any atom is 0.224 e. The molecule has 0 radical (unpaired) electrons. The summed E-state index contributed by atoms with van der Waals surface area (Å²) in [4.78, 5) is 21.0. The monoisotopic (exact) mass is 376 g/mol. The second-order valence-corrected chi connectivity index (χ2v) is 5.91. The number of rotatable bonds is 4. The van der Waals surface area contributed by atoms with Gasteiger partial charge >= 0.3 is 0 Å². The van der Waals surface area contributed by atoms with Gasteiger partial charge in [-0.15, -0.1) is 24.8 Å². The Morgan fingerprint density at radius 1 is 1.25 bits per heavy atom. The van der Waals surface area contributed by atoms with E-state index >= 15 is 0 Å². The van der Waals surface area contributed by atoms with Crippen LogP contribution in [-0.2, 0) is 16.1 Å². The summed E-state index contributed by atoms with van der Waals surface area (Å²) < 4.78 is 5.41. The van der Waals surface area contributed by atoms with Crippen LogP contribution in [0.15, 0.2) is 24.4 Å². The molecular formula is C16H26Cl2N4O2. The molecule has 3 rings (SSSR count). The van der Waals surface area contributed by atoms with Gasteiger partial charge in [-0.3, -0.25) is 14.7 Å². The van der Waals surface area contributed by atoms with E-state index in [4.69, 9.17) is 4.74 Å². The van der Waals surface area contributed by atoms with E-state index < -0.39 is 0 Å². The summed E-state index contributed by atoms with van der Waals surface area (Å²) in [6.07, 6.45) is 2.37. The van der Waals surface area contributed by atoms with Gasteiger partial charge in [0.15, 0.2) is 0 Å². The maximum atomic E-state index is 12.3. The van der Waals surface area contributed by atoms with Crippen LogP contribution in [0.5, 0.6) is 0 Å². The lowest BCUT2D eigenvalue weighted by molar-refractivity contribution is -0.134. The van der Waals surface area contributed by atoms with Crippen molar-refractivity contribution >= 4 is 30.7 Å². The normalized spacial score (nSPS) is 21.5. The van der Waals surface area contributed by atoms with Crippen LogP contribution in [0, 0.1) is 0 Å². The molecular weight excluding hydrogens is 351 g/mol. The molecule has 2 aliphatic heterocycles. The number of ether oxygens (including phenoxy) is 1. The Hall–Kier alpha value is -0.920. The molecule has 2 aliphatic rings. The van der Waals surface area contributed by atoms with E-state index in [2.05, 4.69) is 15.2 Å². The summed E-state index contributed by atoms with van der Waals surface area (Å²) in [7, 11) is 0. The van der Waals surface area contributed by atoms with Gasteiger partial charge < -0.3 is 15.0 Å². The van der Waals surface area contributed by atoms with Crippen LogP contribution < -0.4 is 5.32 Å². The van der Waals surface area contributed by atoms with E-state index in [-0.39, 0.29) is 36.8 Å². The molecule has 0 saturated carbocycles. The molecule has 136 valence electrons. The number of amides is 1. The molecule has 1 N–H and O–H groups in total. The topological polar surface area (TPSA) is 57.7 Å². The van der Waals surface area contributed by atoms with E-state index in [1.54, 1.807) is 0 Å². The highest BCUT2D eigenvalue weighted by molar-refractivity contribution is 5.85. The zero-order chi connectivity index (χ0) is 15.2. The smallest absolute Gasteiger partial charge is 0.224 e. The van der Waals surface area contributed by atoms with Crippen molar-refractivity contribution in [2.75, 3.05) is 45.9 Å². The first-order chi connectivity index (χ1) is 10.8. The fraction of sp³-hybridized carbons (Fsp3) is 0.625. The van der Waals surface area contributed by atoms with Crippen molar-refractivity contribution in [3.8, 4) is 0 Å². The van der Waals surface area contributed by atoms with Gasteiger partial charge in [-0.05, 0) is 12.1 Å². The average molecular weight is 377 g/mol. The summed E-state index contributed by atoms with van der Waals surface area (Å²) in [6.45, 7) is 6.53. The molecule has 0 aromatic carbocycles. The number of morpholine rings is 1. The highest BCUT2D eigenvalue weighted by atomic mass is 35.5. The van der Waals surface area contributed by atoms with Crippen molar-refractivity contribution in [1.82, 2.24) is 20.1 Å². The number of hydrogen-bond acceptors (Lipinski definition) is 5. The Bertz CT molecular complexity index is 478. The molecule has 8 heteroatoms. The third kappa shape index (κ3) is 6.18. The zero-order valence-electron chi connectivity index (χ0n) is 13.7. The number of nitrogens with one attached hydrogen (secondary N) is 1. The van der Waals surface area contributed by atoms with E-state index in [0.717, 1.165) is 51.6 Å². The summed E-state index contributed by atoms with van der Waals surface area (Å²) in [5, 5.41) is 3.34. The number of piperazine rings is 1. The van der Waals surface area contributed by atoms with Crippen LogP contribution in [0.3, 0.4) is 0 Å². The molecule has 1 unspecified atom stereocenters. The van der Waals surface area contributed by atoms with Gasteiger partial charge in [0.1, 0.15) is 0 Å². The van der Waals surface area contributed by atoms with Crippen molar-refractivity contribution in [3.05, 3.63) is 30.1 Å². The van der Waals surface area contributed by atoms with Crippen LogP contribution in [0.1, 0.15) is 12.1 Å². The quantitative estimate of drug-likeness (QED) is 0.847. The number of pyridine rings is 1. The van der Waals surface area contributed by atoms with Gasteiger partial charge in [0.2, 0.25) is 5.91 Å².